The van der Waals surface area contributed by atoms with E-state index in [-0.39, 0.29) is 5.25 Å². The number of H-pyrrole nitrogens is 1. The number of fused-ring (bicyclic) bond motifs is 1. The standard InChI is InChI=1S/C13H13N3OS/c14-8-12(11-6-3-7-17-11)18-13-15-9-4-1-2-5-10(9)16-13/h1-7,12H,8,14H2,(H,15,16). The number of furan rings is 1. The van der Waals surface area contributed by atoms with Crippen molar-refractivity contribution in [1.29, 1.82) is 0 Å². The van der Waals surface area contributed by atoms with Crippen molar-refractivity contribution in [2.24, 2.45) is 5.73 Å². The lowest BCUT2D eigenvalue weighted by molar-refractivity contribution is 0.507. The van der Waals surface area contributed by atoms with Crippen molar-refractivity contribution in [1.82, 2.24) is 9.97 Å². The van der Waals surface area contributed by atoms with Gasteiger partial charge in [0.05, 0.1) is 22.5 Å². The Morgan fingerprint density at radius 3 is 2.89 bits per heavy atom. The van der Waals surface area contributed by atoms with E-state index in [0.717, 1.165) is 22.0 Å². The molecule has 0 bridgehead atoms. The molecule has 1 aromatic carbocycles. The molecule has 5 heteroatoms. The second-order valence-corrected chi connectivity index (χ2v) is 5.11. The Labute approximate surface area is 109 Å². The summed E-state index contributed by atoms with van der Waals surface area (Å²) in [5, 5.41) is 0.948. The maximum absolute atomic E-state index is 5.78. The first-order chi connectivity index (χ1) is 8.86. The molecular formula is C13H13N3OS. The molecule has 3 aromatic rings. The van der Waals surface area contributed by atoms with Crippen molar-refractivity contribution >= 4 is 22.8 Å². The van der Waals surface area contributed by atoms with Crippen molar-refractivity contribution < 1.29 is 4.42 Å². The number of aromatic nitrogens is 2. The number of nitrogens with one attached hydrogen (secondary N) is 1. The first-order valence-electron chi connectivity index (χ1n) is 5.71. The summed E-state index contributed by atoms with van der Waals surface area (Å²) in [7, 11) is 0. The van der Waals surface area contributed by atoms with E-state index in [2.05, 4.69) is 9.97 Å². The third-order valence-corrected chi connectivity index (χ3v) is 3.82. The minimum absolute atomic E-state index is 0.0839. The van der Waals surface area contributed by atoms with Crippen LogP contribution in [0.5, 0.6) is 0 Å². The van der Waals surface area contributed by atoms with E-state index in [0.29, 0.717) is 6.54 Å². The summed E-state index contributed by atoms with van der Waals surface area (Å²) in [6.07, 6.45) is 1.66. The van der Waals surface area contributed by atoms with E-state index in [9.17, 15) is 0 Å². The van der Waals surface area contributed by atoms with Gasteiger partial charge in [-0.25, -0.2) is 4.98 Å². The largest absolute Gasteiger partial charge is 0.468 e. The van der Waals surface area contributed by atoms with Gasteiger partial charge >= 0.3 is 0 Å². The minimum atomic E-state index is 0.0839. The summed E-state index contributed by atoms with van der Waals surface area (Å²) in [5.74, 6) is 0.878. The number of thioether (sulfide) groups is 1. The van der Waals surface area contributed by atoms with Gasteiger partial charge in [0.25, 0.3) is 0 Å². The second-order valence-electron chi connectivity index (χ2n) is 3.92. The predicted octanol–water partition coefficient (Wildman–Crippen LogP) is 2.95. The Morgan fingerprint density at radius 1 is 1.28 bits per heavy atom. The van der Waals surface area contributed by atoms with Gasteiger partial charge in [0.1, 0.15) is 5.76 Å². The number of nitrogens with two attached hydrogens (primary N) is 1. The second kappa shape index (κ2) is 4.88. The lowest BCUT2D eigenvalue weighted by Crippen LogP contribution is -2.08. The van der Waals surface area contributed by atoms with Crippen LogP contribution >= 0.6 is 11.8 Å². The van der Waals surface area contributed by atoms with Crippen LogP contribution < -0.4 is 5.73 Å². The van der Waals surface area contributed by atoms with Crippen molar-refractivity contribution in [3.63, 3.8) is 0 Å². The number of hydrogen-bond donors (Lipinski definition) is 2. The topological polar surface area (TPSA) is 67.8 Å². The zero-order chi connectivity index (χ0) is 12.4. The Morgan fingerprint density at radius 2 is 2.17 bits per heavy atom. The molecule has 0 aliphatic carbocycles. The van der Waals surface area contributed by atoms with Crippen LogP contribution in [-0.4, -0.2) is 16.5 Å². The number of imidazole rings is 1. The molecule has 0 spiro atoms. The lowest BCUT2D eigenvalue weighted by Gasteiger charge is -2.08. The quantitative estimate of drug-likeness (QED) is 0.707. The fourth-order valence-corrected chi connectivity index (χ4v) is 2.75. The first kappa shape index (κ1) is 11.4. The van der Waals surface area contributed by atoms with E-state index in [4.69, 9.17) is 10.2 Å². The molecule has 3 rings (SSSR count). The molecule has 18 heavy (non-hydrogen) atoms. The predicted molar refractivity (Wildman–Crippen MR) is 72.5 cm³/mol. The molecule has 1 atom stereocenters. The summed E-state index contributed by atoms with van der Waals surface area (Å²) in [6, 6.07) is 11.8. The van der Waals surface area contributed by atoms with Crippen LogP contribution in [0.3, 0.4) is 0 Å². The fraction of sp³-hybridized carbons (Fsp3) is 0.154. The van der Waals surface area contributed by atoms with E-state index < -0.39 is 0 Å². The Bertz CT molecular complexity index is 600. The maximum Gasteiger partial charge on any atom is 0.167 e. The normalized spacial score (nSPS) is 12.9. The van der Waals surface area contributed by atoms with Crippen molar-refractivity contribution in [3.8, 4) is 0 Å². The van der Waals surface area contributed by atoms with Crippen LogP contribution in [0.25, 0.3) is 11.0 Å². The SMILES string of the molecule is NCC(Sc1nc2ccccc2[nH]1)c1ccco1. The van der Waals surface area contributed by atoms with Crippen molar-refractivity contribution in [2.75, 3.05) is 6.54 Å². The highest BCUT2D eigenvalue weighted by atomic mass is 32.2. The van der Waals surface area contributed by atoms with Gasteiger partial charge in [0.15, 0.2) is 5.16 Å². The van der Waals surface area contributed by atoms with Crippen LogP contribution in [-0.2, 0) is 0 Å². The van der Waals surface area contributed by atoms with Gasteiger partial charge in [0, 0.05) is 6.54 Å². The molecule has 0 saturated heterocycles. The molecule has 1 unspecified atom stereocenters. The maximum atomic E-state index is 5.78. The Kier molecular flexibility index (Phi) is 3.08. The van der Waals surface area contributed by atoms with Crippen LogP contribution in [0.15, 0.2) is 52.2 Å². The zero-order valence-corrected chi connectivity index (χ0v) is 10.5. The van der Waals surface area contributed by atoms with E-state index in [1.54, 1.807) is 18.0 Å². The van der Waals surface area contributed by atoms with Gasteiger partial charge in [-0.2, -0.15) is 0 Å². The number of hydrogen-bond acceptors (Lipinski definition) is 4. The van der Waals surface area contributed by atoms with E-state index in [1.807, 2.05) is 36.4 Å². The highest BCUT2D eigenvalue weighted by molar-refractivity contribution is 7.99. The van der Waals surface area contributed by atoms with Gasteiger partial charge in [0.2, 0.25) is 0 Å². The third-order valence-electron chi connectivity index (χ3n) is 2.70. The molecule has 0 aliphatic rings. The molecule has 3 N–H and O–H groups in total. The van der Waals surface area contributed by atoms with Crippen molar-refractivity contribution in [3.05, 3.63) is 48.4 Å². The van der Waals surface area contributed by atoms with Crippen LogP contribution in [0, 0.1) is 0 Å². The molecule has 2 aromatic heterocycles. The average molecular weight is 259 g/mol. The Hall–Kier alpha value is -1.72. The molecule has 0 saturated carbocycles. The lowest BCUT2D eigenvalue weighted by atomic mass is 10.3. The van der Waals surface area contributed by atoms with Crippen LogP contribution in [0.2, 0.25) is 0 Å². The summed E-state index contributed by atoms with van der Waals surface area (Å²) >= 11 is 1.59. The third kappa shape index (κ3) is 2.14. The summed E-state index contributed by atoms with van der Waals surface area (Å²) in [6.45, 7) is 0.509. The summed E-state index contributed by atoms with van der Waals surface area (Å²) < 4.78 is 5.39. The molecule has 0 fully saturated rings. The number of rotatable bonds is 4. The minimum Gasteiger partial charge on any atom is -0.468 e. The smallest absolute Gasteiger partial charge is 0.167 e. The number of aromatic amines is 1. The van der Waals surface area contributed by atoms with Gasteiger partial charge in [-0.3, -0.25) is 0 Å². The highest BCUT2D eigenvalue weighted by Crippen LogP contribution is 2.33. The van der Waals surface area contributed by atoms with Gasteiger partial charge < -0.3 is 15.1 Å². The molecule has 0 amide bonds. The molecule has 0 aliphatic heterocycles. The Balaban J connectivity index is 1.86. The van der Waals surface area contributed by atoms with Crippen LogP contribution in [0.4, 0.5) is 0 Å². The molecule has 0 radical (unpaired) electrons. The molecule has 2 heterocycles. The van der Waals surface area contributed by atoms with E-state index >= 15 is 0 Å². The number of benzene rings is 1. The highest BCUT2D eigenvalue weighted by Gasteiger charge is 2.16. The van der Waals surface area contributed by atoms with E-state index in [1.165, 1.54) is 0 Å². The van der Waals surface area contributed by atoms with Gasteiger partial charge in [-0.05, 0) is 24.3 Å². The molecular weight excluding hydrogens is 246 g/mol. The average Bonchev–Trinajstić information content (AvgIpc) is 3.04. The monoisotopic (exact) mass is 259 g/mol. The number of nitrogens with zero attached hydrogens (tertiary/aromatic N) is 1. The number of para-hydroxylation sites is 2. The van der Waals surface area contributed by atoms with Gasteiger partial charge in [-0.1, -0.05) is 23.9 Å². The van der Waals surface area contributed by atoms with Gasteiger partial charge in [-0.15, -0.1) is 0 Å². The molecule has 4 nitrogen and oxygen atoms in total. The molecule has 92 valence electrons. The summed E-state index contributed by atoms with van der Waals surface area (Å²) in [4.78, 5) is 7.80. The zero-order valence-electron chi connectivity index (χ0n) is 9.67. The fourth-order valence-electron chi connectivity index (χ4n) is 1.82. The van der Waals surface area contributed by atoms with Crippen molar-refractivity contribution in [2.45, 2.75) is 10.4 Å². The first-order valence-corrected chi connectivity index (χ1v) is 6.59. The summed E-state index contributed by atoms with van der Waals surface area (Å²) in [5.41, 5.74) is 7.79. The van der Waals surface area contributed by atoms with Crippen LogP contribution in [0.1, 0.15) is 11.0 Å².